The summed E-state index contributed by atoms with van der Waals surface area (Å²) in [6.07, 6.45) is 1.63. The highest BCUT2D eigenvalue weighted by Gasteiger charge is 2.32. The van der Waals surface area contributed by atoms with Crippen LogP contribution >= 0.6 is 0 Å². The first-order chi connectivity index (χ1) is 9.98. The first-order valence-electron chi connectivity index (χ1n) is 7.56. The SMILES string of the molecule is NNC(=NC1CCCCC1)N1CCN(CC(F)(F)F)CC1. The van der Waals surface area contributed by atoms with Crippen LogP contribution in [0.2, 0.25) is 0 Å². The van der Waals surface area contributed by atoms with Crippen molar-refractivity contribution in [2.24, 2.45) is 10.8 Å². The Morgan fingerprint density at radius 2 is 1.71 bits per heavy atom. The zero-order valence-electron chi connectivity index (χ0n) is 12.2. The fourth-order valence-electron chi connectivity index (χ4n) is 2.96. The van der Waals surface area contributed by atoms with Gasteiger partial charge in [-0.15, -0.1) is 0 Å². The molecule has 1 aliphatic carbocycles. The van der Waals surface area contributed by atoms with E-state index in [0.29, 0.717) is 32.1 Å². The molecule has 0 aromatic rings. The molecular formula is C13H24F3N5. The zero-order chi connectivity index (χ0) is 15.3. The molecule has 1 saturated carbocycles. The summed E-state index contributed by atoms with van der Waals surface area (Å²) in [4.78, 5) is 8.01. The van der Waals surface area contributed by atoms with Crippen LogP contribution in [0.3, 0.4) is 0 Å². The average molecular weight is 307 g/mol. The van der Waals surface area contributed by atoms with E-state index < -0.39 is 12.7 Å². The van der Waals surface area contributed by atoms with Crippen LogP contribution in [0, 0.1) is 0 Å². The fourth-order valence-corrected chi connectivity index (χ4v) is 2.96. The number of guanidine groups is 1. The highest BCUT2D eigenvalue weighted by Crippen LogP contribution is 2.21. The lowest BCUT2D eigenvalue weighted by Gasteiger charge is -2.36. The number of hydrogen-bond donors (Lipinski definition) is 2. The van der Waals surface area contributed by atoms with Crippen LogP contribution in [0.5, 0.6) is 0 Å². The van der Waals surface area contributed by atoms with Gasteiger partial charge in [-0.25, -0.2) is 10.8 Å². The normalized spacial score (nSPS) is 23.4. The van der Waals surface area contributed by atoms with E-state index in [4.69, 9.17) is 5.84 Å². The average Bonchev–Trinajstić information content (AvgIpc) is 2.45. The van der Waals surface area contributed by atoms with E-state index in [1.165, 1.54) is 24.2 Å². The van der Waals surface area contributed by atoms with Crippen molar-refractivity contribution in [1.29, 1.82) is 0 Å². The molecule has 2 aliphatic rings. The van der Waals surface area contributed by atoms with Crippen molar-refractivity contribution in [1.82, 2.24) is 15.2 Å². The molecule has 2 rings (SSSR count). The van der Waals surface area contributed by atoms with Crippen molar-refractivity contribution in [2.45, 2.75) is 44.3 Å². The maximum Gasteiger partial charge on any atom is 0.401 e. The number of halogens is 3. The topological polar surface area (TPSA) is 56.9 Å². The number of hydrogen-bond acceptors (Lipinski definition) is 3. The minimum absolute atomic E-state index is 0.290. The molecule has 0 radical (unpaired) electrons. The van der Waals surface area contributed by atoms with Crippen molar-refractivity contribution >= 4 is 5.96 Å². The maximum absolute atomic E-state index is 12.4. The Balaban J connectivity index is 1.85. The largest absolute Gasteiger partial charge is 0.401 e. The molecule has 21 heavy (non-hydrogen) atoms. The summed E-state index contributed by atoms with van der Waals surface area (Å²) in [6.45, 7) is 0.958. The molecule has 0 spiro atoms. The smallest absolute Gasteiger partial charge is 0.339 e. The van der Waals surface area contributed by atoms with Gasteiger partial charge in [-0.1, -0.05) is 19.3 Å². The minimum atomic E-state index is -4.13. The van der Waals surface area contributed by atoms with E-state index in [-0.39, 0.29) is 6.04 Å². The first-order valence-corrected chi connectivity index (χ1v) is 7.56. The molecule has 5 nitrogen and oxygen atoms in total. The van der Waals surface area contributed by atoms with E-state index >= 15 is 0 Å². The number of aliphatic imine (C=N–C) groups is 1. The molecule has 122 valence electrons. The molecule has 0 atom stereocenters. The predicted molar refractivity (Wildman–Crippen MR) is 75.7 cm³/mol. The highest BCUT2D eigenvalue weighted by atomic mass is 19.4. The van der Waals surface area contributed by atoms with E-state index in [1.807, 2.05) is 4.90 Å². The number of alkyl halides is 3. The van der Waals surface area contributed by atoms with Crippen LogP contribution in [0.1, 0.15) is 32.1 Å². The number of hydrazine groups is 1. The summed E-state index contributed by atoms with van der Waals surface area (Å²) in [5.74, 6) is 6.16. The Morgan fingerprint density at radius 3 is 2.24 bits per heavy atom. The van der Waals surface area contributed by atoms with Gasteiger partial charge in [0.25, 0.3) is 0 Å². The fraction of sp³-hybridized carbons (Fsp3) is 0.923. The highest BCUT2D eigenvalue weighted by molar-refractivity contribution is 5.79. The monoisotopic (exact) mass is 307 g/mol. The summed E-state index contributed by atoms with van der Waals surface area (Å²) in [5, 5.41) is 0. The summed E-state index contributed by atoms with van der Waals surface area (Å²) in [7, 11) is 0. The van der Waals surface area contributed by atoms with Crippen LogP contribution in [0.25, 0.3) is 0 Å². The number of nitrogens with one attached hydrogen (secondary N) is 1. The van der Waals surface area contributed by atoms with Crippen molar-refractivity contribution in [3.63, 3.8) is 0 Å². The van der Waals surface area contributed by atoms with Gasteiger partial charge in [-0.3, -0.25) is 10.3 Å². The summed E-state index contributed by atoms with van der Waals surface area (Å²) in [5.41, 5.74) is 2.62. The molecule has 0 amide bonds. The Bertz CT molecular complexity index is 344. The van der Waals surface area contributed by atoms with Crippen LogP contribution in [0.15, 0.2) is 4.99 Å². The molecule has 2 fully saturated rings. The molecule has 1 heterocycles. The van der Waals surface area contributed by atoms with E-state index in [9.17, 15) is 13.2 Å². The Morgan fingerprint density at radius 1 is 1.10 bits per heavy atom. The molecule has 0 aromatic heterocycles. The van der Waals surface area contributed by atoms with Gasteiger partial charge in [-0.2, -0.15) is 13.2 Å². The number of rotatable bonds is 2. The van der Waals surface area contributed by atoms with Crippen LogP contribution in [-0.2, 0) is 0 Å². The predicted octanol–water partition coefficient (Wildman–Crippen LogP) is 1.32. The molecule has 8 heteroatoms. The summed E-state index contributed by atoms with van der Waals surface area (Å²) in [6, 6.07) is 0.290. The minimum Gasteiger partial charge on any atom is -0.339 e. The summed E-state index contributed by atoms with van der Waals surface area (Å²) < 4.78 is 37.1. The second-order valence-corrected chi connectivity index (χ2v) is 5.77. The lowest BCUT2D eigenvalue weighted by atomic mass is 9.96. The van der Waals surface area contributed by atoms with E-state index in [2.05, 4.69) is 10.4 Å². The zero-order valence-corrected chi connectivity index (χ0v) is 12.2. The Kier molecular flexibility index (Phi) is 5.69. The Labute approximate surface area is 123 Å². The third-order valence-corrected chi connectivity index (χ3v) is 4.08. The lowest BCUT2D eigenvalue weighted by molar-refractivity contribution is -0.148. The molecule has 1 aliphatic heterocycles. The van der Waals surface area contributed by atoms with Gasteiger partial charge >= 0.3 is 6.18 Å². The van der Waals surface area contributed by atoms with E-state index in [1.54, 1.807) is 0 Å². The molecule has 0 unspecified atom stereocenters. The van der Waals surface area contributed by atoms with Gasteiger partial charge in [0.1, 0.15) is 0 Å². The number of nitrogens with two attached hydrogens (primary N) is 1. The second-order valence-electron chi connectivity index (χ2n) is 5.77. The molecular weight excluding hydrogens is 283 g/mol. The van der Waals surface area contributed by atoms with Gasteiger partial charge in [0.15, 0.2) is 0 Å². The number of nitrogens with zero attached hydrogens (tertiary/aromatic N) is 3. The van der Waals surface area contributed by atoms with Crippen LogP contribution in [-0.4, -0.2) is 60.7 Å². The van der Waals surface area contributed by atoms with Gasteiger partial charge < -0.3 is 4.90 Å². The second kappa shape index (κ2) is 7.31. The van der Waals surface area contributed by atoms with Crippen molar-refractivity contribution in [3.05, 3.63) is 0 Å². The van der Waals surface area contributed by atoms with Crippen molar-refractivity contribution in [2.75, 3.05) is 32.7 Å². The molecule has 0 bridgehead atoms. The lowest BCUT2D eigenvalue weighted by Crippen LogP contribution is -2.55. The van der Waals surface area contributed by atoms with Gasteiger partial charge in [-0.05, 0) is 12.8 Å². The standard InChI is InChI=1S/C13H24F3N5/c14-13(15,16)10-20-6-8-21(9-7-20)12(19-17)18-11-4-2-1-3-5-11/h11H,1-10,17H2,(H,18,19). The molecule has 1 saturated heterocycles. The van der Waals surface area contributed by atoms with E-state index in [0.717, 1.165) is 12.8 Å². The third kappa shape index (κ3) is 5.35. The van der Waals surface area contributed by atoms with Crippen molar-refractivity contribution in [3.8, 4) is 0 Å². The third-order valence-electron chi connectivity index (χ3n) is 4.08. The van der Waals surface area contributed by atoms with Gasteiger partial charge in [0, 0.05) is 26.2 Å². The first kappa shape index (κ1) is 16.4. The van der Waals surface area contributed by atoms with Crippen molar-refractivity contribution < 1.29 is 13.2 Å². The van der Waals surface area contributed by atoms with Crippen LogP contribution in [0.4, 0.5) is 13.2 Å². The van der Waals surface area contributed by atoms with Gasteiger partial charge in [0.2, 0.25) is 5.96 Å². The molecule has 3 N–H and O–H groups in total. The molecule has 0 aromatic carbocycles. The Hall–Kier alpha value is -1.02. The number of piperazine rings is 1. The summed E-state index contributed by atoms with van der Waals surface area (Å²) >= 11 is 0. The van der Waals surface area contributed by atoms with Gasteiger partial charge in [0.05, 0.1) is 12.6 Å². The van der Waals surface area contributed by atoms with Crippen LogP contribution < -0.4 is 11.3 Å². The maximum atomic E-state index is 12.4. The quantitative estimate of drug-likeness (QED) is 0.350.